The summed E-state index contributed by atoms with van der Waals surface area (Å²) in [6.45, 7) is 5.10. The van der Waals surface area contributed by atoms with Gasteiger partial charge in [-0.25, -0.2) is 4.68 Å². The quantitative estimate of drug-likeness (QED) is 0.915. The molecule has 2 aromatic rings. The molecule has 1 aromatic carbocycles. The van der Waals surface area contributed by atoms with Crippen LogP contribution in [0.15, 0.2) is 24.3 Å². The van der Waals surface area contributed by atoms with Gasteiger partial charge in [0.2, 0.25) is 0 Å². The maximum absolute atomic E-state index is 12.5. The Balaban J connectivity index is 1.78. The van der Waals surface area contributed by atoms with Crippen LogP contribution in [0.3, 0.4) is 0 Å². The van der Waals surface area contributed by atoms with Crippen molar-refractivity contribution in [3.8, 4) is 11.4 Å². The van der Waals surface area contributed by atoms with Crippen LogP contribution in [0.5, 0.6) is 5.75 Å². The Morgan fingerprint density at radius 2 is 2.12 bits per heavy atom. The molecule has 0 unspecified atom stereocenters. The summed E-state index contributed by atoms with van der Waals surface area (Å²) in [7, 11) is 1.63. The van der Waals surface area contributed by atoms with Crippen LogP contribution in [0.4, 0.5) is 0 Å². The monoisotopic (exact) mass is 329 g/mol. The molecule has 1 amide bonds. The largest absolute Gasteiger partial charge is 0.497 e. The molecule has 0 bridgehead atoms. The molecule has 1 aromatic heterocycles. The lowest BCUT2D eigenvalue weighted by Gasteiger charge is -2.11. The van der Waals surface area contributed by atoms with Crippen LogP contribution < -0.4 is 10.1 Å². The van der Waals surface area contributed by atoms with Crippen molar-refractivity contribution < 1.29 is 14.3 Å². The average Bonchev–Trinajstić information content (AvgIpc) is 3.21. The molecule has 6 heteroatoms. The van der Waals surface area contributed by atoms with Gasteiger partial charge >= 0.3 is 0 Å². The molecule has 24 heavy (non-hydrogen) atoms. The van der Waals surface area contributed by atoms with Crippen LogP contribution in [0, 0.1) is 13.8 Å². The Labute approximate surface area is 141 Å². The second-order valence-corrected chi connectivity index (χ2v) is 6.00. The summed E-state index contributed by atoms with van der Waals surface area (Å²) in [6.07, 6.45) is 2.20. The van der Waals surface area contributed by atoms with Gasteiger partial charge in [0.05, 0.1) is 35.9 Å². The molecule has 1 aliphatic heterocycles. The van der Waals surface area contributed by atoms with E-state index in [2.05, 4.69) is 10.4 Å². The van der Waals surface area contributed by atoms with Crippen LogP contribution in [0.25, 0.3) is 5.69 Å². The van der Waals surface area contributed by atoms with Crippen LogP contribution in [0.1, 0.15) is 34.6 Å². The molecule has 1 atom stereocenters. The van der Waals surface area contributed by atoms with E-state index >= 15 is 0 Å². The summed E-state index contributed by atoms with van der Waals surface area (Å²) in [5, 5.41) is 7.49. The maximum Gasteiger partial charge on any atom is 0.255 e. The molecular weight excluding hydrogens is 306 g/mol. The Morgan fingerprint density at radius 3 is 2.75 bits per heavy atom. The Bertz CT molecular complexity index is 716. The predicted octanol–water partition coefficient (Wildman–Crippen LogP) is 2.41. The number of aromatic nitrogens is 2. The first-order valence-electron chi connectivity index (χ1n) is 8.20. The zero-order valence-electron chi connectivity index (χ0n) is 14.3. The zero-order chi connectivity index (χ0) is 17.1. The number of rotatable bonds is 5. The van der Waals surface area contributed by atoms with Crippen LogP contribution >= 0.6 is 0 Å². The van der Waals surface area contributed by atoms with Gasteiger partial charge in [-0.15, -0.1) is 0 Å². The highest BCUT2D eigenvalue weighted by atomic mass is 16.5. The fraction of sp³-hybridized carbons (Fsp3) is 0.444. The van der Waals surface area contributed by atoms with Crippen molar-refractivity contribution in [1.82, 2.24) is 15.1 Å². The fourth-order valence-electron chi connectivity index (χ4n) is 3.05. The van der Waals surface area contributed by atoms with E-state index in [1.165, 1.54) is 0 Å². The third-order valence-electron chi connectivity index (χ3n) is 4.35. The molecule has 0 radical (unpaired) electrons. The number of benzene rings is 1. The highest BCUT2D eigenvalue weighted by Gasteiger charge is 2.21. The van der Waals surface area contributed by atoms with E-state index in [9.17, 15) is 4.79 Å². The summed E-state index contributed by atoms with van der Waals surface area (Å²) >= 11 is 0. The lowest BCUT2D eigenvalue weighted by atomic mass is 10.1. The highest BCUT2D eigenvalue weighted by molar-refractivity contribution is 5.96. The summed E-state index contributed by atoms with van der Waals surface area (Å²) in [5.74, 6) is 0.690. The Kier molecular flexibility index (Phi) is 4.85. The highest BCUT2D eigenvalue weighted by Crippen LogP contribution is 2.20. The molecule has 2 heterocycles. The predicted molar refractivity (Wildman–Crippen MR) is 90.9 cm³/mol. The van der Waals surface area contributed by atoms with Crippen molar-refractivity contribution >= 4 is 5.91 Å². The van der Waals surface area contributed by atoms with Crippen LogP contribution in [0.2, 0.25) is 0 Å². The number of methoxy groups -OCH3 is 1. The molecule has 1 N–H and O–H groups in total. The molecule has 0 spiro atoms. The third kappa shape index (κ3) is 3.28. The number of hydrogen-bond acceptors (Lipinski definition) is 4. The topological polar surface area (TPSA) is 65.4 Å². The maximum atomic E-state index is 12.5. The standard InChI is InChI=1S/C18H23N3O3/c1-12-17(18(22)19-11-16-5-4-10-24-16)13(2)21(20-12)14-6-8-15(23-3)9-7-14/h6-9,16H,4-5,10-11H2,1-3H3,(H,19,22)/t16-/m1/s1. The molecular formula is C18H23N3O3. The molecule has 128 valence electrons. The van der Waals surface area contributed by atoms with Gasteiger partial charge in [-0.05, 0) is 51.0 Å². The number of amides is 1. The van der Waals surface area contributed by atoms with E-state index in [-0.39, 0.29) is 12.0 Å². The van der Waals surface area contributed by atoms with E-state index in [1.54, 1.807) is 11.8 Å². The molecule has 1 aliphatic rings. The van der Waals surface area contributed by atoms with E-state index in [0.717, 1.165) is 36.6 Å². The number of aryl methyl sites for hydroxylation is 1. The van der Waals surface area contributed by atoms with Gasteiger partial charge in [0, 0.05) is 13.2 Å². The summed E-state index contributed by atoms with van der Waals surface area (Å²) in [5.41, 5.74) is 3.06. The Hall–Kier alpha value is -2.34. The third-order valence-corrected chi connectivity index (χ3v) is 4.35. The smallest absolute Gasteiger partial charge is 0.255 e. The molecule has 6 nitrogen and oxygen atoms in total. The SMILES string of the molecule is COc1ccc(-n2nc(C)c(C(=O)NC[C@H]3CCCO3)c2C)cc1. The van der Waals surface area contributed by atoms with E-state index < -0.39 is 0 Å². The van der Waals surface area contributed by atoms with Gasteiger partial charge in [0.25, 0.3) is 5.91 Å². The average molecular weight is 329 g/mol. The lowest BCUT2D eigenvalue weighted by molar-refractivity contribution is 0.0856. The van der Waals surface area contributed by atoms with Gasteiger partial charge in [-0.3, -0.25) is 4.79 Å². The zero-order valence-corrected chi connectivity index (χ0v) is 14.3. The van der Waals surface area contributed by atoms with Crippen molar-refractivity contribution in [2.24, 2.45) is 0 Å². The van der Waals surface area contributed by atoms with Crippen LogP contribution in [-0.4, -0.2) is 42.1 Å². The normalized spacial score (nSPS) is 17.0. The Morgan fingerprint density at radius 1 is 1.38 bits per heavy atom. The van der Waals surface area contributed by atoms with Gasteiger partial charge < -0.3 is 14.8 Å². The number of nitrogens with zero attached hydrogens (tertiary/aromatic N) is 2. The summed E-state index contributed by atoms with van der Waals surface area (Å²) in [6, 6.07) is 7.60. The fourth-order valence-corrected chi connectivity index (χ4v) is 3.05. The number of carbonyl (C=O) groups is 1. The van der Waals surface area contributed by atoms with Gasteiger partial charge in [-0.1, -0.05) is 0 Å². The number of ether oxygens (including phenoxy) is 2. The van der Waals surface area contributed by atoms with Crippen LogP contribution in [-0.2, 0) is 4.74 Å². The molecule has 1 fully saturated rings. The van der Waals surface area contributed by atoms with E-state index in [1.807, 2.05) is 38.1 Å². The molecule has 3 rings (SSSR count). The van der Waals surface area contributed by atoms with E-state index in [0.29, 0.717) is 17.8 Å². The first-order chi connectivity index (χ1) is 11.6. The van der Waals surface area contributed by atoms with Gasteiger partial charge in [0.15, 0.2) is 0 Å². The van der Waals surface area contributed by atoms with Crippen molar-refractivity contribution in [2.75, 3.05) is 20.3 Å². The van der Waals surface area contributed by atoms with Crippen molar-refractivity contribution in [1.29, 1.82) is 0 Å². The molecule has 1 saturated heterocycles. The number of carbonyl (C=O) groups excluding carboxylic acids is 1. The van der Waals surface area contributed by atoms with Gasteiger partial charge in [-0.2, -0.15) is 5.10 Å². The lowest BCUT2D eigenvalue weighted by Crippen LogP contribution is -2.32. The first kappa shape index (κ1) is 16.5. The minimum Gasteiger partial charge on any atom is -0.497 e. The van der Waals surface area contributed by atoms with Gasteiger partial charge in [0.1, 0.15) is 5.75 Å². The first-order valence-corrected chi connectivity index (χ1v) is 8.20. The minimum absolute atomic E-state index is 0.0970. The molecule has 0 saturated carbocycles. The van der Waals surface area contributed by atoms with Crippen molar-refractivity contribution in [3.05, 3.63) is 41.2 Å². The molecule has 0 aliphatic carbocycles. The summed E-state index contributed by atoms with van der Waals surface area (Å²) in [4.78, 5) is 12.5. The summed E-state index contributed by atoms with van der Waals surface area (Å²) < 4.78 is 12.5. The minimum atomic E-state index is -0.0970. The van der Waals surface area contributed by atoms with E-state index in [4.69, 9.17) is 9.47 Å². The van der Waals surface area contributed by atoms with Crippen molar-refractivity contribution in [3.63, 3.8) is 0 Å². The second kappa shape index (κ2) is 7.05. The van der Waals surface area contributed by atoms with Crippen molar-refractivity contribution in [2.45, 2.75) is 32.8 Å². The second-order valence-electron chi connectivity index (χ2n) is 6.00. The number of nitrogens with one attached hydrogen (secondary N) is 1. The number of hydrogen-bond donors (Lipinski definition) is 1.